The van der Waals surface area contributed by atoms with E-state index in [0.717, 1.165) is 42.9 Å². The monoisotopic (exact) mass is 286 g/mol. The summed E-state index contributed by atoms with van der Waals surface area (Å²) in [6.45, 7) is 2.17. The molecule has 5 heteroatoms. The van der Waals surface area contributed by atoms with E-state index in [9.17, 15) is 0 Å². The molecule has 0 bridgehead atoms. The molecule has 5 nitrogen and oxygen atoms in total. The maximum absolute atomic E-state index is 6.22. The second kappa shape index (κ2) is 5.77. The van der Waals surface area contributed by atoms with Crippen molar-refractivity contribution in [3.63, 3.8) is 0 Å². The largest absolute Gasteiger partial charge is 0.490 e. The average molecular weight is 286 g/mol. The second-order valence-corrected chi connectivity index (χ2v) is 5.69. The number of ether oxygens (including phenoxy) is 1. The molecule has 0 spiro atoms. The van der Waals surface area contributed by atoms with Gasteiger partial charge in [0.05, 0.1) is 5.69 Å². The number of aromatic nitrogens is 2. The minimum absolute atomic E-state index is 0.281. The molecule has 1 aromatic heterocycles. The molecule has 1 aliphatic heterocycles. The van der Waals surface area contributed by atoms with Crippen LogP contribution in [0, 0.1) is 0 Å². The van der Waals surface area contributed by atoms with Crippen molar-refractivity contribution in [1.29, 1.82) is 0 Å². The van der Waals surface area contributed by atoms with Gasteiger partial charge < -0.3 is 15.4 Å². The Labute approximate surface area is 125 Å². The third kappa shape index (κ3) is 3.03. The van der Waals surface area contributed by atoms with Crippen LogP contribution in [0.15, 0.2) is 30.3 Å². The Balaban J connectivity index is 1.82. The van der Waals surface area contributed by atoms with E-state index in [-0.39, 0.29) is 6.10 Å². The topological polar surface area (TPSA) is 56.3 Å². The van der Waals surface area contributed by atoms with Crippen molar-refractivity contribution in [3.05, 3.63) is 30.3 Å². The van der Waals surface area contributed by atoms with Gasteiger partial charge in [0, 0.05) is 31.8 Å². The number of hydrogen-bond acceptors (Lipinski definition) is 4. The van der Waals surface area contributed by atoms with E-state index in [1.165, 1.54) is 0 Å². The van der Waals surface area contributed by atoms with Crippen LogP contribution in [0.3, 0.4) is 0 Å². The van der Waals surface area contributed by atoms with Crippen molar-refractivity contribution >= 4 is 5.82 Å². The number of para-hydroxylation sites is 1. The van der Waals surface area contributed by atoms with E-state index in [4.69, 9.17) is 10.5 Å². The molecule has 0 amide bonds. The third-order valence-corrected chi connectivity index (χ3v) is 4.04. The average Bonchev–Trinajstić information content (AvgIpc) is 2.82. The highest BCUT2D eigenvalue weighted by molar-refractivity contribution is 5.69. The summed E-state index contributed by atoms with van der Waals surface area (Å²) in [6, 6.07) is 9.93. The van der Waals surface area contributed by atoms with E-state index >= 15 is 0 Å². The van der Waals surface area contributed by atoms with Gasteiger partial charge in [0.25, 0.3) is 0 Å². The lowest BCUT2D eigenvalue weighted by Crippen LogP contribution is -2.35. The summed E-state index contributed by atoms with van der Waals surface area (Å²) in [6.07, 6.45) is 2.41. The number of benzene rings is 1. The summed E-state index contributed by atoms with van der Waals surface area (Å²) in [5, 5.41) is 4.45. The summed E-state index contributed by atoms with van der Waals surface area (Å²) in [7, 11) is 4.00. The molecule has 0 atom stereocenters. The van der Waals surface area contributed by atoms with Crippen molar-refractivity contribution in [2.24, 2.45) is 7.05 Å². The summed E-state index contributed by atoms with van der Waals surface area (Å²) in [4.78, 5) is 2.34. The predicted molar refractivity (Wildman–Crippen MR) is 84.2 cm³/mol. The molecule has 1 aliphatic rings. The van der Waals surface area contributed by atoms with Crippen LogP contribution in [0.4, 0.5) is 5.82 Å². The van der Waals surface area contributed by atoms with Crippen LogP contribution in [0.25, 0.3) is 11.3 Å². The second-order valence-electron chi connectivity index (χ2n) is 5.69. The van der Waals surface area contributed by atoms with Gasteiger partial charge in [-0.15, -0.1) is 0 Å². The van der Waals surface area contributed by atoms with Gasteiger partial charge in [-0.2, -0.15) is 5.10 Å². The molecule has 1 saturated heterocycles. The first-order valence-corrected chi connectivity index (χ1v) is 7.37. The fourth-order valence-corrected chi connectivity index (χ4v) is 2.68. The van der Waals surface area contributed by atoms with Crippen LogP contribution in [-0.4, -0.2) is 40.9 Å². The molecule has 0 saturated carbocycles. The van der Waals surface area contributed by atoms with Crippen LogP contribution in [-0.2, 0) is 7.05 Å². The number of likely N-dealkylation sites (tertiary alicyclic amines) is 1. The summed E-state index contributed by atoms with van der Waals surface area (Å²) < 4.78 is 7.90. The van der Waals surface area contributed by atoms with Crippen LogP contribution < -0.4 is 10.5 Å². The highest BCUT2D eigenvalue weighted by atomic mass is 16.5. The van der Waals surface area contributed by atoms with E-state index in [0.29, 0.717) is 5.82 Å². The lowest BCUT2D eigenvalue weighted by Gasteiger charge is -2.29. The number of rotatable bonds is 3. The summed E-state index contributed by atoms with van der Waals surface area (Å²) in [5.74, 6) is 1.55. The lowest BCUT2D eigenvalue weighted by atomic mass is 10.1. The molecular formula is C16H22N4O. The highest BCUT2D eigenvalue weighted by Gasteiger charge is 2.20. The molecule has 0 unspecified atom stereocenters. The minimum atomic E-state index is 0.281. The van der Waals surface area contributed by atoms with Gasteiger partial charge in [-0.1, -0.05) is 12.1 Å². The Bertz CT molecular complexity index is 595. The Morgan fingerprint density at radius 2 is 1.90 bits per heavy atom. The van der Waals surface area contributed by atoms with Crippen molar-refractivity contribution in [2.75, 3.05) is 25.9 Å². The van der Waals surface area contributed by atoms with Crippen LogP contribution >= 0.6 is 0 Å². The zero-order valence-corrected chi connectivity index (χ0v) is 12.6. The van der Waals surface area contributed by atoms with E-state index in [1.807, 2.05) is 37.4 Å². The van der Waals surface area contributed by atoms with Crippen LogP contribution in [0.2, 0.25) is 0 Å². The molecule has 0 radical (unpaired) electrons. The lowest BCUT2D eigenvalue weighted by molar-refractivity contribution is 0.115. The van der Waals surface area contributed by atoms with Gasteiger partial charge in [0.2, 0.25) is 0 Å². The summed E-state index contributed by atoms with van der Waals surface area (Å²) >= 11 is 0. The number of aryl methyl sites for hydroxylation is 1. The smallest absolute Gasteiger partial charge is 0.129 e. The molecule has 2 heterocycles. The normalized spacial score (nSPS) is 17.0. The van der Waals surface area contributed by atoms with E-state index in [2.05, 4.69) is 17.0 Å². The number of hydrogen-bond donors (Lipinski definition) is 1. The zero-order chi connectivity index (χ0) is 14.8. The fourth-order valence-electron chi connectivity index (χ4n) is 2.68. The zero-order valence-electron chi connectivity index (χ0n) is 12.6. The van der Waals surface area contributed by atoms with Gasteiger partial charge in [-0.3, -0.25) is 4.68 Å². The Morgan fingerprint density at radius 1 is 1.19 bits per heavy atom. The van der Waals surface area contributed by atoms with Crippen LogP contribution in [0.5, 0.6) is 5.75 Å². The van der Waals surface area contributed by atoms with Crippen molar-refractivity contribution in [2.45, 2.75) is 18.9 Å². The first kappa shape index (κ1) is 13.9. The molecule has 2 N–H and O–H groups in total. The number of nitrogens with zero attached hydrogens (tertiary/aromatic N) is 3. The van der Waals surface area contributed by atoms with Gasteiger partial charge in [-0.05, 0) is 32.0 Å². The summed E-state index contributed by atoms with van der Waals surface area (Å²) in [5.41, 5.74) is 7.74. The maximum atomic E-state index is 6.22. The first-order chi connectivity index (χ1) is 10.1. The standard InChI is InChI=1S/C16H22N4O/c1-19-9-7-12(8-10-19)21-15-6-4-3-5-13(15)14-11-16(17)20(2)18-14/h3-6,11-12H,7-10,17H2,1-2H3. The molecule has 21 heavy (non-hydrogen) atoms. The molecule has 0 aliphatic carbocycles. The van der Waals surface area contributed by atoms with E-state index < -0.39 is 0 Å². The van der Waals surface area contributed by atoms with Crippen molar-refractivity contribution in [1.82, 2.24) is 14.7 Å². The molecule has 2 aromatic rings. The van der Waals surface area contributed by atoms with Gasteiger partial charge in [0.15, 0.2) is 0 Å². The SMILES string of the molecule is CN1CCC(Oc2ccccc2-c2cc(N)n(C)n2)CC1. The fraction of sp³-hybridized carbons (Fsp3) is 0.438. The molecule has 3 rings (SSSR count). The Kier molecular flexibility index (Phi) is 3.84. The number of nitrogen functional groups attached to an aromatic ring is 1. The maximum Gasteiger partial charge on any atom is 0.129 e. The van der Waals surface area contributed by atoms with Crippen molar-refractivity contribution < 1.29 is 4.74 Å². The predicted octanol–water partition coefficient (Wildman–Crippen LogP) is 2.14. The molecular weight excluding hydrogens is 264 g/mol. The molecule has 1 fully saturated rings. The van der Waals surface area contributed by atoms with E-state index in [1.54, 1.807) is 4.68 Å². The molecule has 112 valence electrons. The highest BCUT2D eigenvalue weighted by Crippen LogP contribution is 2.31. The van der Waals surface area contributed by atoms with Gasteiger partial charge >= 0.3 is 0 Å². The van der Waals surface area contributed by atoms with Crippen molar-refractivity contribution in [3.8, 4) is 17.0 Å². The Hall–Kier alpha value is -2.01. The molecule has 1 aromatic carbocycles. The quantitative estimate of drug-likeness (QED) is 0.939. The number of anilines is 1. The van der Waals surface area contributed by atoms with Gasteiger partial charge in [-0.25, -0.2) is 0 Å². The number of nitrogens with two attached hydrogens (primary N) is 1. The number of piperidine rings is 1. The third-order valence-electron chi connectivity index (χ3n) is 4.04. The van der Waals surface area contributed by atoms with Gasteiger partial charge in [0.1, 0.15) is 17.7 Å². The van der Waals surface area contributed by atoms with Crippen LogP contribution in [0.1, 0.15) is 12.8 Å². The Morgan fingerprint density at radius 3 is 2.57 bits per heavy atom. The minimum Gasteiger partial charge on any atom is -0.490 e. The first-order valence-electron chi connectivity index (χ1n) is 7.37.